The lowest BCUT2D eigenvalue weighted by Crippen LogP contribution is -2.46. The summed E-state index contributed by atoms with van der Waals surface area (Å²) in [5.41, 5.74) is 0. The van der Waals surface area contributed by atoms with Gasteiger partial charge < -0.3 is 10.4 Å². The summed E-state index contributed by atoms with van der Waals surface area (Å²) in [5, 5.41) is 12.1. The zero-order valence-corrected chi connectivity index (χ0v) is 9.95. The maximum atomic E-state index is 10.8. The quantitative estimate of drug-likeness (QED) is 0.517. The molecule has 16 heavy (non-hydrogen) atoms. The lowest BCUT2D eigenvalue weighted by atomic mass is 9.94. The van der Waals surface area contributed by atoms with Crippen LogP contribution in [0, 0.1) is 0 Å². The van der Waals surface area contributed by atoms with Crippen molar-refractivity contribution in [3.8, 4) is 0 Å². The molecule has 1 aliphatic rings. The molecule has 2 atom stereocenters. The summed E-state index contributed by atoms with van der Waals surface area (Å²) in [6, 6.07) is 0.102. The molecule has 0 aromatic rings. The van der Waals surface area contributed by atoms with Gasteiger partial charge in [-0.1, -0.05) is 18.9 Å². The van der Waals surface area contributed by atoms with Crippen LogP contribution in [0.5, 0.6) is 0 Å². The Morgan fingerprint density at radius 1 is 1.38 bits per heavy atom. The van der Waals surface area contributed by atoms with Crippen LogP contribution in [0.25, 0.3) is 0 Å². The van der Waals surface area contributed by atoms with Crippen molar-refractivity contribution in [3.05, 3.63) is 12.7 Å². The SMILES string of the molecule is C=CCCCCCC1CCCC(C(=O)O)N1. The molecule has 0 aromatic carbocycles. The number of hydrogen-bond donors (Lipinski definition) is 2. The summed E-state index contributed by atoms with van der Waals surface area (Å²) in [6.45, 7) is 3.70. The molecule has 1 heterocycles. The zero-order chi connectivity index (χ0) is 11.8. The molecular weight excluding hydrogens is 202 g/mol. The van der Waals surface area contributed by atoms with Crippen molar-refractivity contribution in [3.63, 3.8) is 0 Å². The van der Waals surface area contributed by atoms with Crippen LogP contribution in [0.15, 0.2) is 12.7 Å². The van der Waals surface area contributed by atoms with Crippen molar-refractivity contribution >= 4 is 5.97 Å². The van der Waals surface area contributed by atoms with Crippen LogP contribution >= 0.6 is 0 Å². The van der Waals surface area contributed by atoms with Gasteiger partial charge >= 0.3 is 5.97 Å². The number of carboxylic acids is 1. The Hall–Kier alpha value is -0.830. The highest BCUT2D eigenvalue weighted by molar-refractivity contribution is 5.73. The molecule has 0 bridgehead atoms. The minimum atomic E-state index is -0.698. The lowest BCUT2D eigenvalue weighted by molar-refractivity contribution is -0.140. The molecule has 3 heteroatoms. The van der Waals surface area contributed by atoms with Gasteiger partial charge in [0, 0.05) is 6.04 Å². The van der Waals surface area contributed by atoms with Crippen molar-refractivity contribution in [2.75, 3.05) is 0 Å². The van der Waals surface area contributed by atoms with E-state index in [1.54, 1.807) is 0 Å². The first-order valence-electron chi connectivity index (χ1n) is 6.33. The maximum absolute atomic E-state index is 10.8. The van der Waals surface area contributed by atoms with Gasteiger partial charge in [0.15, 0.2) is 0 Å². The Balaban J connectivity index is 2.12. The average Bonchev–Trinajstić information content (AvgIpc) is 2.29. The number of carbonyl (C=O) groups is 1. The molecule has 1 fully saturated rings. The van der Waals surface area contributed by atoms with Gasteiger partial charge in [-0.3, -0.25) is 4.79 Å². The third kappa shape index (κ3) is 4.79. The number of allylic oxidation sites excluding steroid dienone is 1. The van der Waals surface area contributed by atoms with Crippen LogP contribution in [0.3, 0.4) is 0 Å². The van der Waals surface area contributed by atoms with Gasteiger partial charge in [-0.15, -0.1) is 6.58 Å². The van der Waals surface area contributed by atoms with Gasteiger partial charge in [0.25, 0.3) is 0 Å². The fourth-order valence-corrected chi connectivity index (χ4v) is 2.30. The predicted octanol–water partition coefficient (Wildman–Crippen LogP) is 2.72. The number of hydrogen-bond acceptors (Lipinski definition) is 2. The van der Waals surface area contributed by atoms with Crippen LogP contribution in [-0.2, 0) is 4.79 Å². The van der Waals surface area contributed by atoms with Gasteiger partial charge in [-0.05, 0) is 38.5 Å². The highest BCUT2D eigenvalue weighted by Gasteiger charge is 2.25. The summed E-state index contributed by atoms with van der Waals surface area (Å²) in [6.07, 6.45) is 10.7. The molecule has 0 amide bonds. The minimum Gasteiger partial charge on any atom is -0.480 e. The highest BCUT2D eigenvalue weighted by Crippen LogP contribution is 2.17. The van der Waals surface area contributed by atoms with Crippen LogP contribution in [0.1, 0.15) is 51.4 Å². The number of carboxylic acid groups (broad SMARTS) is 1. The van der Waals surface area contributed by atoms with E-state index < -0.39 is 5.97 Å². The van der Waals surface area contributed by atoms with Crippen molar-refractivity contribution in [1.82, 2.24) is 5.32 Å². The van der Waals surface area contributed by atoms with Gasteiger partial charge in [-0.2, -0.15) is 0 Å². The largest absolute Gasteiger partial charge is 0.480 e. The van der Waals surface area contributed by atoms with E-state index in [9.17, 15) is 4.79 Å². The molecule has 3 nitrogen and oxygen atoms in total. The molecular formula is C13H23NO2. The van der Waals surface area contributed by atoms with Crippen molar-refractivity contribution < 1.29 is 9.90 Å². The standard InChI is InChI=1S/C13H23NO2/c1-2-3-4-5-6-8-11-9-7-10-12(14-11)13(15)16/h2,11-12,14H,1,3-10H2,(H,15,16). The second-order valence-corrected chi connectivity index (χ2v) is 4.61. The molecule has 1 aliphatic heterocycles. The van der Waals surface area contributed by atoms with Gasteiger partial charge in [-0.25, -0.2) is 0 Å². The fourth-order valence-electron chi connectivity index (χ4n) is 2.30. The summed E-state index contributed by atoms with van der Waals surface area (Å²) in [5.74, 6) is -0.698. The molecule has 2 unspecified atom stereocenters. The number of nitrogens with one attached hydrogen (secondary N) is 1. The summed E-state index contributed by atoms with van der Waals surface area (Å²) in [4.78, 5) is 10.8. The van der Waals surface area contributed by atoms with E-state index in [0.29, 0.717) is 6.04 Å². The Bertz CT molecular complexity index is 228. The Morgan fingerprint density at radius 3 is 2.88 bits per heavy atom. The van der Waals surface area contributed by atoms with Gasteiger partial charge in [0.1, 0.15) is 6.04 Å². The highest BCUT2D eigenvalue weighted by atomic mass is 16.4. The topological polar surface area (TPSA) is 49.3 Å². The average molecular weight is 225 g/mol. The third-order valence-corrected chi connectivity index (χ3v) is 3.24. The van der Waals surface area contributed by atoms with E-state index in [2.05, 4.69) is 11.9 Å². The van der Waals surface area contributed by atoms with Crippen molar-refractivity contribution in [1.29, 1.82) is 0 Å². The summed E-state index contributed by atoms with van der Waals surface area (Å²) >= 11 is 0. The van der Waals surface area contributed by atoms with Gasteiger partial charge in [0.05, 0.1) is 0 Å². The summed E-state index contributed by atoms with van der Waals surface area (Å²) < 4.78 is 0. The first-order chi connectivity index (χ1) is 7.74. The van der Waals surface area contributed by atoms with E-state index >= 15 is 0 Å². The minimum absolute atomic E-state index is 0.313. The normalized spacial score (nSPS) is 25.2. The molecule has 0 aliphatic carbocycles. The Labute approximate surface area is 97.9 Å². The number of piperidine rings is 1. The summed E-state index contributed by atoms with van der Waals surface area (Å²) in [7, 11) is 0. The molecule has 2 N–H and O–H groups in total. The molecule has 0 spiro atoms. The van der Waals surface area contributed by atoms with E-state index in [1.807, 2.05) is 6.08 Å². The van der Waals surface area contributed by atoms with Crippen molar-refractivity contribution in [2.24, 2.45) is 0 Å². The first-order valence-corrected chi connectivity index (χ1v) is 6.33. The van der Waals surface area contributed by atoms with Crippen LogP contribution in [0.4, 0.5) is 0 Å². The Kier molecular flexibility index (Phi) is 6.16. The number of aliphatic carboxylic acids is 1. The third-order valence-electron chi connectivity index (χ3n) is 3.24. The van der Waals surface area contributed by atoms with E-state index in [4.69, 9.17) is 5.11 Å². The number of unbranched alkanes of at least 4 members (excludes halogenated alkanes) is 3. The predicted molar refractivity (Wildman–Crippen MR) is 65.5 cm³/mol. The van der Waals surface area contributed by atoms with Crippen molar-refractivity contribution in [2.45, 2.75) is 63.5 Å². The zero-order valence-electron chi connectivity index (χ0n) is 9.95. The smallest absolute Gasteiger partial charge is 0.320 e. The van der Waals surface area contributed by atoms with Crippen LogP contribution in [0.2, 0.25) is 0 Å². The van der Waals surface area contributed by atoms with E-state index in [0.717, 1.165) is 32.1 Å². The molecule has 0 radical (unpaired) electrons. The second-order valence-electron chi connectivity index (χ2n) is 4.61. The lowest BCUT2D eigenvalue weighted by Gasteiger charge is -2.28. The second kappa shape index (κ2) is 7.44. The molecule has 92 valence electrons. The Morgan fingerprint density at radius 2 is 2.19 bits per heavy atom. The number of rotatable bonds is 7. The molecule has 0 saturated carbocycles. The van der Waals surface area contributed by atoms with Crippen LogP contribution < -0.4 is 5.32 Å². The molecule has 1 rings (SSSR count). The van der Waals surface area contributed by atoms with Crippen LogP contribution in [-0.4, -0.2) is 23.2 Å². The van der Waals surface area contributed by atoms with E-state index in [1.165, 1.54) is 19.3 Å². The molecule has 0 aromatic heterocycles. The fraction of sp³-hybridized carbons (Fsp3) is 0.769. The monoisotopic (exact) mass is 225 g/mol. The maximum Gasteiger partial charge on any atom is 0.320 e. The molecule has 1 saturated heterocycles. The first kappa shape index (κ1) is 13.2. The van der Waals surface area contributed by atoms with E-state index in [-0.39, 0.29) is 6.04 Å². The van der Waals surface area contributed by atoms with Gasteiger partial charge in [0.2, 0.25) is 0 Å².